The van der Waals surface area contributed by atoms with Crippen LogP contribution in [0.2, 0.25) is 0 Å². The standard InChI is InChI=1S/C34H36N6O8/c1-33(2,3)48-32(44)40-25-14-19(23-16-34(23)22-15-20(45-4)7-9-24(22)39(30(34)41)31(42)43)6-8-21(25)28(38-40)37-29-26(46-5)17-35-27(36-29)18-10-12-47-13-11-18/h6-9,14-15,17-18,23H,10-13,16H2,1-5H3,(H,42,43)(H,35,36,37,38)/t23-,34-/m0/s1. The molecular formula is C34H36N6O8. The molecule has 2 fully saturated rings. The van der Waals surface area contributed by atoms with Crippen LogP contribution in [-0.2, 0) is 19.7 Å². The van der Waals surface area contributed by atoms with Crippen molar-refractivity contribution in [3.8, 4) is 11.5 Å². The van der Waals surface area contributed by atoms with Gasteiger partial charge in [0.2, 0.25) is 5.91 Å². The quantitative estimate of drug-likeness (QED) is 0.260. The summed E-state index contributed by atoms with van der Waals surface area (Å²) in [5, 5.41) is 18.4. The molecule has 1 spiro atoms. The molecule has 2 aromatic heterocycles. The van der Waals surface area contributed by atoms with Crippen LogP contribution < -0.4 is 19.7 Å². The van der Waals surface area contributed by atoms with Crippen molar-refractivity contribution in [1.82, 2.24) is 19.7 Å². The third kappa shape index (κ3) is 5.16. The van der Waals surface area contributed by atoms with Crippen LogP contribution in [0, 0.1) is 0 Å². The van der Waals surface area contributed by atoms with Crippen LogP contribution in [0.4, 0.5) is 26.9 Å². The minimum Gasteiger partial charge on any atom is -0.497 e. The molecule has 250 valence electrons. The lowest BCUT2D eigenvalue weighted by Gasteiger charge is -2.21. The summed E-state index contributed by atoms with van der Waals surface area (Å²) >= 11 is 0. The van der Waals surface area contributed by atoms with Crippen molar-refractivity contribution in [2.45, 2.75) is 62.9 Å². The van der Waals surface area contributed by atoms with Crippen LogP contribution in [0.25, 0.3) is 10.9 Å². The second-order valence-corrected chi connectivity index (χ2v) is 13.2. The zero-order valence-corrected chi connectivity index (χ0v) is 27.3. The molecule has 2 aliphatic heterocycles. The Balaban J connectivity index is 1.30. The minimum atomic E-state index is -1.34. The van der Waals surface area contributed by atoms with Crippen LogP contribution in [0.1, 0.15) is 68.8 Å². The van der Waals surface area contributed by atoms with E-state index in [-0.39, 0.29) is 11.8 Å². The van der Waals surface area contributed by atoms with Gasteiger partial charge in [-0.15, -0.1) is 5.10 Å². The first-order chi connectivity index (χ1) is 22.9. The molecule has 2 amide bonds. The van der Waals surface area contributed by atoms with E-state index in [1.54, 1.807) is 51.2 Å². The number of hydrogen-bond donors (Lipinski definition) is 2. The molecule has 14 heteroatoms. The summed E-state index contributed by atoms with van der Waals surface area (Å²) in [7, 11) is 3.04. The van der Waals surface area contributed by atoms with Gasteiger partial charge in [0.15, 0.2) is 17.4 Å². The fourth-order valence-electron chi connectivity index (χ4n) is 6.78. The van der Waals surface area contributed by atoms with Crippen LogP contribution in [-0.4, -0.2) is 76.0 Å². The number of ether oxygens (including phenoxy) is 4. The number of carbonyl (C=O) groups is 3. The van der Waals surface area contributed by atoms with Gasteiger partial charge in [0.05, 0.1) is 37.0 Å². The number of methoxy groups -OCH3 is 2. The highest BCUT2D eigenvalue weighted by atomic mass is 16.6. The molecule has 1 saturated carbocycles. The molecule has 1 saturated heterocycles. The molecule has 0 unspecified atom stereocenters. The molecule has 48 heavy (non-hydrogen) atoms. The summed E-state index contributed by atoms with van der Waals surface area (Å²) in [5.74, 6) is 1.59. The van der Waals surface area contributed by atoms with Crippen molar-refractivity contribution >= 4 is 46.3 Å². The first-order valence-corrected chi connectivity index (χ1v) is 15.7. The Morgan fingerprint density at radius 3 is 2.52 bits per heavy atom. The summed E-state index contributed by atoms with van der Waals surface area (Å²) in [6.45, 7) is 6.58. The maximum Gasteiger partial charge on any atom is 0.435 e. The number of fused-ring (bicyclic) bond motifs is 3. The lowest BCUT2D eigenvalue weighted by atomic mass is 9.91. The Bertz CT molecular complexity index is 1960. The van der Waals surface area contributed by atoms with Gasteiger partial charge >= 0.3 is 12.2 Å². The van der Waals surface area contributed by atoms with Gasteiger partial charge in [-0.25, -0.2) is 24.5 Å². The SMILES string of the molecule is COc1ccc2c(c1)[C@]1(C[C@H]1c1ccc3c(Nc4nc(C5CCOCC5)ncc4OC)nn(C(=O)OC(C)(C)C)c3c1)C(=O)N2C(=O)O. The molecule has 3 aliphatic rings. The van der Waals surface area contributed by atoms with Gasteiger partial charge in [-0.05, 0) is 81.5 Å². The van der Waals surface area contributed by atoms with Crippen LogP contribution in [0.5, 0.6) is 11.5 Å². The Labute approximate surface area is 276 Å². The molecule has 4 aromatic rings. The van der Waals surface area contributed by atoms with Crippen molar-refractivity contribution in [3.63, 3.8) is 0 Å². The summed E-state index contributed by atoms with van der Waals surface area (Å²) < 4.78 is 23.4. The number of imide groups is 1. The van der Waals surface area contributed by atoms with E-state index in [0.29, 0.717) is 70.7 Å². The first kappa shape index (κ1) is 31.4. The lowest BCUT2D eigenvalue weighted by molar-refractivity contribution is -0.119. The lowest BCUT2D eigenvalue weighted by Crippen LogP contribution is -2.36. The van der Waals surface area contributed by atoms with Crippen molar-refractivity contribution in [2.24, 2.45) is 0 Å². The van der Waals surface area contributed by atoms with Gasteiger partial charge < -0.3 is 29.4 Å². The monoisotopic (exact) mass is 656 g/mol. The number of nitrogens with zero attached hydrogens (tertiary/aromatic N) is 5. The Hall–Kier alpha value is -5.24. The zero-order chi connectivity index (χ0) is 34.0. The number of carbonyl (C=O) groups excluding carboxylic acids is 2. The number of carboxylic acid groups (broad SMARTS) is 1. The molecule has 4 heterocycles. The third-order valence-corrected chi connectivity index (χ3v) is 9.15. The van der Waals surface area contributed by atoms with Crippen LogP contribution in [0.3, 0.4) is 0 Å². The fraction of sp³-hybridized carbons (Fsp3) is 0.412. The minimum absolute atomic E-state index is 0.134. The van der Waals surface area contributed by atoms with Gasteiger partial charge in [-0.3, -0.25) is 4.79 Å². The predicted molar refractivity (Wildman–Crippen MR) is 174 cm³/mol. The van der Waals surface area contributed by atoms with E-state index < -0.39 is 29.1 Å². The molecule has 2 aromatic carbocycles. The Kier molecular flexibility index (Phi) is 7.50. The van der Waals surface area contributed by atoms with E-state index in [1.807, 2.05) is 12.1 Å². The molecule has 2 N–H and O–H groups in total. The summed E-state index contributed by atoms with van der Waals surface area (Å²) in [6.07, 6.45) is 1.58. The van der Waals surface area contributed by atoms with Crippen molar-refractivity contribution in [1.29, 1.82) is 0 Å². The fourth-order valence-corrected chi connectivity index (χ4v) is 6.78. The molecule has 2 atom stereocenters. The summed E-state index contributed by atoms with van der Waals surface area (Å²) in [4.78, 5) is 49.6. The Morgan fingerprint density at radius 2 is 1.83 bits per heavy atom. The second-order valence-electron chi connectivity index (χ2n) is 13.2. The van der Waals surface area contributed by atoms with Crippen molar-refractivity contribution in [2.75, 3.05) is 37.7 Å². The van der Waals surface area contributed by atoms with E-state index >= 15 is 0 Å². The maximum absolute atomic E-state index is 13.7. The number of amides is 2. The smallest absolute Gasteiger partial charge is 0.435 e. The van der Waals surface area contributed by atoms with Gasteiger partial charge in [0.25, 0.3) is 0 Å². The van der Waals surface area contributed by atoms with Gasteiger partial charge in [-0.1, -0.05) is 6.07 Å². The topological polar surface area (TPSA) is 167 Å². The predicted octanol–water partition coefficient (Wildman–Crippen LogP) is 5.71. The highest BCUT2D eigenvalue weighted by Gasteiger charge is 2.68. The molecule has 14 nitrogen and oxygen atoms in total. The number of aromatic nitrogens is 4. The second kappa shape index (κ2) is 11.5. The third-order valence-electron chi connectivity index (χ3n) is 9.15. The number of hydrogen-bond acceptors (Lipinski definition) is 11. The van der Waals surface area contributed by atoms with E-state index in [1.165, 1.54) is 18.9 Å². The summed E-state index contributed by atoms with van der Waals surface area (Å²) in [5.41, 5.74) is 0.224. The van der Waals surface area contributed by atoms with E-state index in [9.17, 15) is 19.5 Å². The maximum atomic E-state index is 13.7. The van der Waals surface area contributed by atoms with Crippen LogP contribution in [0.15, 0.2) is 42.6 Å². The van der Waals surface area contributed by atoms with E-state index in [2.05, 4.69) is 15.4 Å². The number of anilines is 3. The highest BCUT2D eigenvalue weighted by molar-refractivity contribution is 6.22. The average Bonchev–Trinajstić information content (AvgIpc) is 3.65. The van der Waals surface area contributed by atoms with Crippen molar-refractivity contribution < 1.29 is 38.4 Å². The highest BCUT2D eigenvalue weighted by Crippen LogP contribution is 2.67. The molecule has 7 rings (SSSR count). The zero-order valence-electron chi connectivity index (χ0n) is 27.3. The van der Waals surface area contributed by atoms with Gasteiger partial charge in [0, 0.05) is 30.4 Å². The number of benzene rings is 2. The molecule has 0 bridgehead atoms. The van der Waals surface area contributed by atoms with Gasteiger partial charge in [-0.2, -0.15) is 4.68 Å². The van der Waals surface area contributed by atoms with E-state index in [4.69, 9.17) is 23.9 Å². The Morgan fingerprint density at radius 1 is 1.06 bits per heavy atom. The first-order valence-electron chi connectivity index (χ1n) is 15.7. The summed E-state index contributed by atoms with van der Waals surface area (Å²) in [6, 6.07) is 10.5. The largest absolute Gasteiger partial charge is 0.497 e. The molecule has 1 aliphatic carbocycles. The van der Waals surface area contributed by atoms with Crippen molar-refractivity contribution in [3.05, 3.63) is 59.5 Å². The van der Waals surface area contributed by atoms with E-state index in [0.717, 1.165) is 23.3 Å². The normalized spacial score (nSPS) is 20.6. The molecule has 0 radical (unpaired) electrons. The number of nitrogens with one attached hydrogen (secondary N) is 1. The average molecular weight is 657 g/mol. The molecular weight excluding hydrogens is 620 g/mol. The van der Waals surface area contributed by atoms with Crippen LogP contribution >= 0.6 is 0 Å². The number of rotatable bonds is 6. The van der Waals surface area contributed by atoms with Gasteiger partial charge in [0.1, 0.15) is 17.2 Å².